The number of methoxy groups -OCH3 is 1. The molecule has 0 fully saturated rings. The molecule has 0 radical (unpaired) electrons. The summed E-state index contributed by atoms with van der Waals surface area (Å²) < 4.78 is 57.3. The standard InChI is InChI=1S/C21H17F4N3O3.CH2O2/c1-31-20(30)18(9-15-10-26-11-27-15)28-19(29)16-8-13(4-7-17(16)22)12-2-5-14(6-3-12)21(23,24)25;2-1-3/h2-8,10-11,18H,9H2,1H3,(H,26,27)(H,28,29);1H,(H,2,3)/t18-;/m0./s1. The topological polar surface area (TPSA) is 121 Å². The fraction of sp³-hybridized carbons (Fsp3) is 0.182. The number of nitrogens with zero attached hydrogens (tertiary/aromatic N) is 1. The van der Waals surface area contributed by atoms with Crippen LogP contribution in [-0.2, 0) is 26.9 Å². The molecule has 0 saturated heterocycles. The number of carbonyl (C=O) groups excluding carboxylic acids is 2. The van der Waals surface area contributed by atoms with E-state index in [4.69, 9.17) is 9.90 Å². The lowest BCUT2D eigenvalue weighted by atomic mass is 10.0. The number of halogens is 4. The van der Waals surface area contributed by atoms with Crippen LogP contribution in [0.15, 0.2) is 55.0 Å². The number of nitrogens with one attached hydrogen (secondary N) is 2. The zero-order valence-corrected chi connectivity index (χ0v) is 17.6. The molecule has 8 nitrogen and oxygen atoms in total. The van der Waals surface area contributed by atoms with E-state index in [-0.39, 0.29) is 18.5 Å². The Morgan fingerprint density at radius 1 is 1.18 bits per heavy atom. The van der Waals surface area contributed by atoms with Gasteiger partial charge in [0.1, 0.15) is 11.9 Å². The van der Waals surface area contributed by atoms with Crippen LogP contribution in [0.25, 0.3) is 11.1 Å². The summed E-state index contributed by atoms with van der Waals surface area (Å²) in [6.45, 7) is -0.250. The molecule has 0 aliphatic heterocycles. The van der Waals surface area contributed by atoms with E-state index in [0.717, 1.165) is 25.3 Å². The molecule has 180 valence electrons. The lowest BCUT2D eigenvalue weighted by Crippen LogP contribution is -2.43. The molecule has 1 heterocycles. The van der Waals surface area contributed by atoms with Gasteiger partial charge in [-0.25, -0.2) is 14.2 Å². The number of hydrogen-bond donors (Lipinski definition) is 3. The van der Waals surface area contributed by atoms with Crippen LogP contribution < -0.4 is 5.32 Å². The van der Waals surface area contributed by atoms with E-state index in [0.29, 0.717) is 16.8 Å². The van der Waals surface area contributed by atoms with Gasteiger partial charge in [0.2, 0.25) is 0 Å². The molecule has 0 spiro atoms. The van der Waals surface area contributed by atoms with Crippen molar-refractivity contribution in [1.82, 2.24) is 15.3 Å². The highest BCUT2D eigenvalue weighted by Gasteiger charge is 2.30. The van der Waals surface area contributed by atoms with Crippen LogP contribution in [-0.4, -0.2) is 46.6 Å². The third kappa shape index (κ3) is 6.89. The predicted octanol–water partition coefficient (Wildman–Crippen LogP) is 3.45. The van der Waals surface area contributed by atoms with E-state index < -0.39 is 35.5 Å². The van der Waals surface area contributed by atoms with Crippen molar-refractivity contribution in [1.29, 1.82) is 0 Å². The third-order valence-electron chi connectivity index (χ3n) is 4.53. The van der Waals surface area contributed by atoms with Crippen molar-refractivity contribution in [2.45, 2.75) is 18.6 Å². The molecule has 1 aromatic heterocycles. The summed E-state index contributed by atoms with van der Waals surface area (Å²) in [7, 11) is 1.15. The van der Waals surface area contributed by atoms with Crippen LogP contribution in [0.1, 0.15) is 21.6 Å². The minimum Gasteiger partial charge on any atom is -0.483 e. The largest absolute Gasteiger partial charge is 0.483 e. The fourth-order valence-corrected chi connectivity index (χ4v) is 2.92. The van der Waals surface area contributed by atoms with Crippen molar-refractivity contribution in [2.75, 3.05) is 7.11 Å². The second kappa shape index (κ2) is 11.6. The second-order valence-electron chi connectivity index (χ2n) is 6.71. The van der Waals surface area contributed by atoms with Crippen molar-refractivity contribution in [3.63, 3.8) is 0 Å². The first-order chi connectivity index (χ1) is 16.1. The molecule has 3 N–H and O–H groups in total. The van der Waals surface area contributed by atoms with Gasteiger partial charge in [-0.3, -0.25) is 9.59 Å². The summed E-state index contributed by atoms with van der Waals surface area (Å²) >= 11 is 0. The Balaban J connectivity index is 0.00000129. The molecule has 3 rings (SSSR count). The summed E-state index contributed by atoms with van der Waals surface area (Å²) in [5, 5.41) is 9.31. The van der Waals surface area contributed by atoms with Gasteiger partial charge in [-0.2, -0.15) is 13.2 Å². The van der Waals surface area contributed by atoms with Crippen molar-refractivity contribution in [3.05, 3.63) is 77.6 Å². The number of esters is 1. The highest BCUT2D eigenvalue weighted by molar-refractivity contribution is 5.98. The molecule has 0 unspecified atom stereocenters. The molecule has 3 aromatic rings. The lowest BCUT2D eigenvalue weighted by Gasteiger charge is -2.16. The fourth-order valence-electron chi connectivity index (χ4n) is 2.92. The maximum atomic E-state index is 14.3. The van der Waals surface area contributed by atoms with Crippen molar-refractivity contribution >= 4 is 18.3 Å². The van der Waals surface area contributed by atoms with Gasteiger partial charge in [0.15, 0.2) is 0 Å². The van der Waals surface area contributed by atoms with Crippen LogP contribution in [0, 0.1) is 5.82 Å². The number of carbonyl (C=O) groups is 3. The van der Waals surface area contributed by atoms with Gasteiger partial charge in [0.25, 0.3) is 12.4 Å². The summed E-state index contributed by atoms with van der Waals surface area (Å²) in [5.41, 5.74) is 0.0640. The Hall–Kier alpha value is -4.22. The number of alkyl halides is 3. The van der Waals surface area contributed by atoms with Gasteiger partial charge in [-0.1, -0.05) is 18.2 Å². The van der Waals surface area contributed by atoms with Crippen LogP contribution in [0.4, 0.5) is 17.6 Å². The lowest BCUT2D eigenvalue weighted by molar-refractivity contribution is -0.143. The van der Waals surface area contributed by atoms with Crippen molar-refractivity contribution in [2.24, 2.45) is 0 Å². The van der Waals surface area contributed by atoms with Gasteiger partial charge in [-0.15, -0.1) is 0 Å². The maximum absolute atomic E-state index is 14.3. The summed E-state index contributed by atoms with van der Waals surface area (Å²) in [4.78, 5) is 39.7. The van der Waals surface area contributed by atoms with Crippen molar-refractivity contribution in [3.8, 4) is 11.1 Å². The average molecular weight is 481 g/mol. The SMILES string of the molecule is COC(=O)[C@H](Cc1cnc[nH]1)NC(=O)c1cc(-c2ccc(C(F)(F)F)cc2)ccc1F.O=CO. The zero-order chi connectivity index (χ0) is 25.3. The minimum atomic E-state index is -4.48. The third-order valence-corrected chi connectivity index (χ3v) is 4.53. The van der Waals surface area contributed by atoms with Gasteiger partial charge in [-0.05, 0) is 35.4 Å². The Morgan fingerprint density at radius 3 is 2.32 bits per heavy atom. The number of benzene rings is 2. The Labute approximate surface area is 190 Å². The van der Waals surface area contributed by atoms with Crippen LogP contribution in [0.5, 0.6) is 0 Å². The van der Waals surface area contributed by atoms with Crippen LogP contribution >= 0.6 is 0 Å². The summed E-state index contributed by atoms with van der Waals surface area (Å²) in [6.07, 6.45) is -1.57. The highest BCUT2D eigenvalue weighted by atomic mass is 19.4. The number of H-pyrrole nitrogens is 1. The number of amides is 1. The van der Waals surface area contributed by atoms with Gasteiger partial charge in [0, 0.05) is 18.3 Å². The first kappa shape index (κ1) is 26.0. The van der Waals surface area contributed by atoms with E-state index in [2.05, 4.69) is 20.0 Å². The van der Waals surface area contributed by atoms with Gasteiger partial charge in [0.05, 0.1) is 24.6 Å². The quantitative estimate of drug-likeness (QED) is 0.282. The average Bonchev–Trinajstić information content (AvgIpc) is 3.31. The Bertz CT molecular complexity index is 1120. The van der Waals surface area contributed by atoms with Crippen LogP contribution in [0.3, 0.4) is 0 Å². The van der Waals surface area contributed by atoms with Crippen LogP contribution in [0.2, 0.25) is 0 Å². The summed E-state index contributed by atoms with van der Waals surface area (Å²) in [5.74, 6) is -2.46. The van der Waals surface area contributed by atoms with Gasteiger partial charge < -0.3 is 20.1 Å². The number of carboxylic acid groups (broad SMARTS) is 1. The summed E-state index contributed by atoms with van der Waals surface area (Å²) in [6, 6.07) is 6.73. The minimum absolute atomic E-state index is 0.0403. The Morgan fingerprint density at radius 2 is 1.79 bits per heavy atom. The van der Waals surface area contributed by atoms with Gasteiger partial charge >= 0.3 is 12.1 Å². The molecule has 0 bridgehead atoms. The van der Waals surface area contributed by atoms with E-state index >= 15 is 0 Å². The monoisotopic (exact) mass is 481 g/mol. The molecule has 1 amide bonds. The zero-order valence-electron chi connectivity index (χ0n) is 17.6. The first-order valence-electron chi connectivity index (χ1n) is 9.51. The maximum Gasteiger partial charge on any atom is 0.416 e. The molecule has 0 saturated carbocycles. The smallest absolute Gasteiger partial charge is 0.416 e. The van der Waals surface area contributed by atoms with E-state index in [1.165, 1.54) is 36.8 Å². The predicted molar refractivity (Wildman–Crippen MR) is 111 cm³/mol. The molecule has 2 aromatic carbocycles. The van der Waals surface area contributed by atoms with Crippen molar-refractivity contribution < 1.29 is 41.8 Å². The molecular formula is C22H19F4N3O5. The second-order valence-corrected chi connectivity index (χ2v) is 6.71. The normalized spacial score (nSPS) is 11.6. The number of imidazole rings is 1. The van der Waals surface area contributed by atoms with E-state index in [1.54, 1.807) is 0 Å². The number of hydrogen-bond acceptors (Lipinski definition) is 5. The molecular weight excluding hydrogens is 462 g/mol. The molecule has 0 aliphatic carbocycles. The number of rotatable bonds is 6. The number of aromatic amines is 1. The molecule has 1 atom stereocenters. The van der Waals surface area contributed by atoms with E-state index in [9.17, 15) is 27.2 Å². The molecule has 34 heavy (non-hydrogen) atoms. The number of aromatic nitrogens is 2. The molecule has 12 heteroatoms. The molecule has 0 aliphatic rings. The number of ether oxygens (including phenoxy) is 1. The Kier molecular flexibility index (Phi) is 8.87. The highest BCUT2D eigenvalue weighted by Crippen LogP contribution is 2.31. The van der Waals surface area contributed by atoms with E-state index in [1.807, 2.05) is 0 Å². The first-order valence-corrected chi connectivity index (χ1v) is 9.51.